The third-order valence-electron chi connectivity index (χ3n) is 3.39. The molecule has 25 heavy (non-hydrogen) atoms. The van der Waals surface area contributed by atoms with Gasteiger partial charge in [0.05, 0.1) is 11.5 Å². The molecule has 8 heteroatoms. The molecule has 0 aromatic heterocycles. The number of guanidine groups is 1. The molecule has 0 spiro atoms. The number of hydrogen-bond acceptors (Lipinski definition) is 3. The molecule has 132 valence electrons. The van der Waals surface area contributed by atoms with Gasteiger partial charge in [-0.1, -0.05) is 18.2 Å². The van der Waals surface area contributed by atoms with Crippen molar-refractivity contribution in [3.05, 3.63) is 75.3 Å². The number of benzene rings is 2. The summed E-state index contributed by atoms with van der Waals surface area (Å²) in [5.74, 6) is -0.728. The van der Waals surface area contributed by atoms with Crippen LogP contribution in [0.15, 0.2) is 47.5 Å². The van der Waals surface area contributed by atoms with Gasteiger partial charge in [-0.25, -0.2) is 13.8 Å². The Morgan fingerprint density at radius 2 is 1.92 bits per heavy atom. The van der Waals surface area contributed by atoms with E-state index in [1.165, 1.54) is 6.07 Å². The highest BCUT2D eigenvalue weighted by atomic mass is 19.1. The molecule has 0 aliphatic carbocycles. The van der Waals surface area contributed by atoms with Crippen LogP contribution in [0.4, 0.5) is 14.5 Å². The molecule has 0 saturated heterocycles. The minimum absolute atomic E-state index is 0.00187. The first-order valence-electron chi connectivity index (χ1n) is 7.69. The number of halogens is 2. The van der Waals surface area contributed by atoms with Gasteiger partial charge in [-0.3, -0.25) is 10.1 Å². The van der Waals surface area contributed by atoms with Gasteiger partial charge in [0.2, 0.25) is 0 Å². The van der Waals surface area contributed by atoms with E-state index in [1.807, 2.05) is 6.92 Å². The number of nitro groups is 1. The summed E-state index contributed by atoms with van der Waals surface area (Å²) in [6, 6.07) is 9.53. The van der Waals surface area contributed by atoms with Crippen molar-refractivity contribution in [1.29, 1.82) is 0 Å². The van der Waals surface area contributed by atoms with E-state index in [4.69, 9.17) is 0 Å². The molecule has 0 atom stereocenters. The molecule has 0 unspecified atom stereocenters. The Hall–Kier alpha value is -3.03. The summed E-state index contributed by atoms with van der Waals surface area (Å²) < 4.78 is 26.8. The van der Waals surface area contributed by atoms with E-state index in [-0.39, 0.29) is 24.3 Å². The van der Waals surface area contributed by atoms with Crippen molar-refractivity contribution < 1.29 is 13.7 Å². The summed E-state index contributed by atoms with van der Waals surface area (Å²) >= 11 is 0. The maximum Gasteiger partial charge on any atom is 0.274 e. The maximum atomic E-state index is 13.6. The van der Waals surface area contributed by atoms with Crippen LogP contribution in [-0.2, 0) is 13.1 Å². The molecule has 0 aliphatic heterocycles. The lowest BCUT2D eigenvalue weighted by Gasteiger charge is -2.11. The van der Waals surface area contributed by atoms with Gasteiger partial charge in [-0.05, 0) is 25.1 Å². The second-order valence-electron chi connectivity index (χ2n) is 5.17. The number of hydrogen-bond donors (Lipinski definition) is 2. The number of nitrogens with zero attached hydrogens (tertiary/aromatic N) is 2. The molecule has 2 rings (SSSR count). The summed E-state index contributed by atoms with van der Waals surface area (Å²) in [6.07, 6.45) is 0. The van der Waals surface area contributed by atoms with Gasteiger partial charge in [-0.2, -0.15) is 0 Å². The van der Waals surface area contributed by atoms with Gasteiger partial charge in [-0.15, -0.1) is 0 Å². The van der Waals surface area contributed by atoms with Crippen LogP contribution >= 0.6 is 0 Å². The highest BCUT2D eigenvalue weighted by Crippen LogP contribution is 2.17. The van der Waals surface area contributed by atoms with Crippen molar-refractivity contribution in [3.63, 3.8) is 0 Å². The molecular weight excluding hydrogens is 330 g/mol. The van der Waals surface area contributed by atoms with E-state index in [1.54, 1.807) is 18.2 Å². The zero-order chi connectivity index (χ0) is 18.2. The summed E-state index contributed by atoms with van der Waals surface area (Å²) in [5, 5.41) is 16.9. The van der Waals surface area contributed by atoms with Crippen molar-refractivity contribution in [2.75, 3.05) is 6.54 Å². The molecular formula is C17H18F2N4O2. The first-order valence-corrected chi connectivity index (χ1v) is 7.69. The molecule has 2 aromatic rings. The van der Waals surface area contributed by atoms with Crippen molar-refractivity contribution in [1.82, 2.24) is 10.6 Å². The molecule has 0 bridgehead atoms. The largest absolute Gasteiger partial charge is 0.357 e. The number of para-hydroxylation sites is 1. The Kier molecular flexibility index (Phi) is 6.39. The Bertz CT molecular complexity index is 781. The average molecular weight is 348 g/mol. The summed E-state index contributed by atoms with van der Waals surface area (Å²) in [7, 11) is 0. The molecule has 0 saturated carbocycles. The molecule has 2 aromatic carbocycles. The number of nitro benzene ring substituents is 1. The zero-order valence-electron chi connectivity index (χ0n) is 13.6. The second-order valence-corrected chi connectivity index (χ2v) is 5.17. The molecule has 0 aliphatic rings. The molecule has 0 amide bonds. The van der Waals surface area contributed by atoms with Crippen LogP contribution < -0.4 is 10.6 Å². The van der Waals surface area contributed by atoms with E-state index >= 15 is 0 Å². The van der Waals surface area contributed by atoms with Crippen molar-refractivity contribution in [2.24, 2.45) is 4.99 Å². The lowest BCUT2D eigenvalue weighted by Crippen LogP contribution is -2.36. The van der Waals surface area contributed by atoms with Crippen LogP contribution in [0.3, 0.4) is 0 Å². The normalized spacial score (nSPS) is 11.2. The van der Waals surface area contributed by atoms with Crippen LogP contribution in [0.5, 0.6) is 0 Å². The van der Waals surface area contributed by atoms with Crippen LogP contribution in [0, 0.1) is 21.7 Å². The second kappa shape index (κ2) is 8.72. The van der Waals surface area contributed by atoms with Crippen LogP contribution in [0.2, 0.25) is 0 Å². The smallest absolute Gasteiger partial charge is 0.274 e. The highest BCUT2D eigenvalue weighted by molar-refractivity contribution is 5.79. The van der Waals surface area contributed by atoms with Gasteiger partial charge in [0.1, 0.15) is 11.6 Å². The third kappa shape index (κ3) is 5.23. The lowest BCUT2D eigenvalue weighted by atomic mass is 10.2. The summed E-state index contributed by atoms with van der Waals surface area (Å²) in [5.41, 5.74) is 0.625. The fourth-order valence-corrected chi connectivity index (χ4v) is 2.19. The highest BCUT2D eigenvalue weighted by Gasteiger charge is 2.12. The van der Waals surface area contributed by atoms with Gasteiger partial charge in [0.25, 0.3) is 5.69 Å². The zero-order valence-corrected chi connectivity index (χ0v) is 13.6. The first-order chi connectivity index (χ1) is 12.0. The maximum absolute atomic E-state index is 13.6. The summed E-state index contributed by atoms with van der Waals surface area (Å²) in [4.78, 5) is 14.8. The Labute approximate surface area is 143 Å². The van der Waals surface area contributed by atoms with Gasteiger partial charge in [0, 0.05) is 30.3 Å². The molecule has 0 radical (unpaired) electrons. The average Bonchev–Trinajstić information content (AvgIpc) is 2.60. The SMILES string of the molecule is CCNC(=NCc1cc(F)ccc1F)NCc1ccccc1[N+](=O)[O-]. The number of aliphatic imine (C=N–C) groups is 1. The standard InChI is InChI=1S/C17H18F2N4O2/c1-2-20-17(22-11-13-9-14(18)7-8-15(13)19)21-10-12-5-3-4-6-16(12)23(24)25/h3-9H,2,10-11H2,1H3,(H2,20,21,22). The minimum atomic E-state index is -0.542. The molecule has 0 heterocycles. The molecule has 0 fully saturated rings. The number of rotatable bonds is 6. The van der Waals surface area contributed by atoms with Gasteiger partial charge < -0.3 is 10.6 Å². The van der Waals surface area contributed by atoms with E-state index in [9.17, 15) is 18.9 Å². The van der Waals surface area contributed by atoms with E-state index in [2.05, 4.69) is 15.6 Å². The van der Waals surface area contributed by atoms with Crippen molar-refractivity contribution in [2.45, 2.75) is 20.0 Å². The van der Waals surface area contributed by atoms with E-state index in [0.29, 0.717) is 18.1 Å². The predicted molar refractivity (Wildman–Crippen MR) is 91.1 cm³/mol. The molecule has 6 nitrogen and oxygen atoms in total. The van der Waals surface area contributed by atoms with Gasteiger partial charge in [0.15, 0.2) is 5.96 Å². The first kappa shape index (κ1) is 18.3. The van der Waals surface area contributed by atoms with Crippen LogP contribution in [0.25, 0.3) is 0 Å². The van der Waals surface area contributed by atoms with Crippen LogP contribution in [-0.4, -0.2) is 17.4 Å². The van der Waals surface area contributed by atoms with E-state index in [0.717, 1.165) is 18.2 Å². The number of nitrogens with one attached hydrogen (secondary N) is 2. The predicted octanol–water partition coefficient (Wildman–Crippen LogP) is 3.13. The third-order valence-corrected chi connectivity index (χ3v) is 3.39. The topological polar surface area (TPSA) is 79.6 Å². The fraction of sp³-hybridized carbons (Fsp3) is 0.235. The van der Waals surface area contributed by atoms with Crippen molar-refractivity contribution >= 4 is 11.6 Å². The lowest BCUT2D eigenvalue weighted by molar-refractivity contribution is -0.385. The fourth-order valence-electron chi connectivity index (χ4n) is 2.19. The van der Waals surface area contributed by atoms with E-state index < -0.39 is 16.6 Å². The monoisotopic (exact) mass is 348 g/mol. The van der Waals surface area contributed by atoms with Crippen molar-refractivity contribution in [3.8, 4) is 0 Å². The molecule has 2 N–H and O–H groups in total. The minimum Gasteiger partial charge on any atom is -0.357 e. The summed E-state index contributed by atoms with van der Waals surface area (Å²) in [6.45, 7) is 2.52. The Balaban J connectivity index is 2.10. The van der Waals surface area contributed by atoms with Crippen LogP contribution in [0.1, 0.15) is 18.1 Å². The quantitative estimate of drug-likeness (QED) is 0.364. The van der Waals surface area contributed by atoms with Gasteiger partial charge >= 0.3 is 0 Å². The Morgan fingerprint density at radius 3 is 2.64 bits per heavy atom. The Morgan fingerprint density at radius 1 is 1.16 bits per heavy atom.